The highest BCUT2D eigenvalue weighted by atomic mass is 14.6. The van der Waals surface area contributed by atoms with Crippen LogP contribution in [0.4, 0.5) is 0 Å². The SMILES string of the molecule is NCc1ccccc1-c1cccc2cnccc12. The van der Waals surface area contributed by atoms with Crippen LogP contribution in [0, 0.1) is 0 Å². The van der Waals surface area contributed by atoms with Crippen LogP contribution in [0.5, 0.6) is 0 Å². The van der Waals surface area contributed by atoms with E-state index in [1.807, 2.05) is 18.5 Å². The number of rotatable bonds is 2. The van der Waals surface area contributed by atoms with Crippen molar-refractivity contribution >= 4 is 10.8 Å². The van der Waals surface area contributed by atoms with Crippen molar-refractivity contribution in [1.29, 1.82) is 0 Å². The maximum atomic E-state index is 5.82. The summed E-state index contributed by atoms with van der Waals surface area (Å²) in [5, 5.41) is 2.37. The standard InChI is InChI=1S/C16H14N2/c17-10-12-4-1-2-6-14(12)16-7-3-5-13-11-18-9-8-15(13)16/h1-9,11H,10,17H2. The van der Waals surface area contributed by atoms with Crippen LogP contribution in [0.2, 0.25) is 0 Å². The summed E-state index contributed by atoms with van der Waals surface area (Å²) < 4.78 is 0. The Labute approximate surface area is 106 Å². The molecule has 0 aliphatic carbocycles. The van der Waals surface area contributed by atoms with Gasteiger partial charge in [-0.1, -0.05) is 42.5 Å². The van der Waals surface area contributed by atoms with Gasteiger partial charge in [0.15, 0.2) is 0 Å². The molecule has 2 nitrogen and oxygen atoms in total. The van der Waals surface area contributed by atoms with Crippen LogP contribution in [-0.2, 0) is 6.54 Å². The molecule has 0 spiro atoms. The van der Waals surface area contributed by atoms with E-state index < -0.39 is 0 Å². The minimum Gasteiger partial charge on any atom is -0.326 e. The van der Waals surface area contributed by atoms with E-state index in [2.05, 4.69) is 47.4 Å². The molecule has 18 heavy (non-hydrogen) atoms. The number of pyridine rings is 1. The average molecular weight is 234 g/mol. The molecule has 0 radical (unpaired) electrons. The maximum absolute atomic E-state index is 5.82. The van der Waals surface area contributed by atoms with Gasteiger partial charge >= 0.3 is 0 Å². The number of aromatic nitrogens is 1. The molecule has 0 amide bonds. The lowest BCUT2D eigenvalue weighted by Crippen LogP contribution is -1.98. The largest absolute Gasteiger partial charge is 0.326 e. The normalized spacial score (nSPS) is 10.7. The molecule has 3 aromatic rings. The van der Waals surface area contributed by atoms with Crippen LogP contribution in [0.15, 0.2) is 60.9 Å². The first-order chi connectivity index (χ1) is 8.90. The van der Waals surface area contributed by atoms with Gasteiger partial charge in [-0.25, -0.2) is 0 Å². The van der Waals surface area contributed by atoms with Crippen molar-refractivity contribution in [1.82, 2.24) is 4.98 Å². The predicted molar refractivity (Wildman–Crippen MR) is 75.1 cm³/mol. The monoisotopic (exact) mass is 234 g/mol. The number of nitrogens with zero attached hydrogens (tertiary/aromatic N) is 1. The Balaban J connectivity index is 2.32. The Morgan fingerprint density at radius 1 is 0.889 bits per heavy atom. The van der Waals surface area contributed by atoms with E-state index in [0.29, 0.717) is 6.54 Å². The molecule has 1 aromatic heterocycles. The molecular weight excluding hydrogens is 220 g/mol. The average Bonchev–Trinajstić information content (AvgIpc) is 2.46. The molecule has 0 saturated heterocycles. The van der Waals surface area contributed by atoms with Crippen molar-refractivity contribution in [3.63, 3.8) is 0 Å². The van der Waals surface area contributed by atoms with Gasteiger partial charge in [0.2, 0.25) is 0 Å². The fourth-order valence-corrected chi connectivity index (χ4v) is 2.32. The Kier molecular flexibility index (Phi) is 2.79. The zero-order chi connectivity index (χ0) is 12.4. The van der Waals surface area contributed by atoms with Crippen LogP contribution in [-0.4, -0.2) is 4.98 Å². The second kappa shape index (κ2) is 4.59. The third kappa shape index (κ3) is 1.77. The molecule has 2 heteroatoms. The minimum absolute atomic E-state index is 0.553. The fraction of sp³-hybridized carbons (Fsp3) is 0.0625. The highest BCUT2D eigenvalue weighted by Gasteiger charge is 2.06. The molecule has 0 atom stereocenters. The number of hydrogen-bond acceptors (Lipinski definition) is 2. The van der Waals surface area contributed by atoms with Gasteiger partial charge in [0.25, 0.3) is 0 Å². The summed E-state index contributed by atoms with van der Waals surface area (Å²) in [7, 11) is 0. The molecular formula is C16H14N2. The summed E-state index contributed by atoms with van der Waals surface area (Å²) in [5.41, 5.74) is 9.41. The Hall–Kier alpha value is -2.19. The van der Waals surface area contributed by atoms with Gasteiger partial charge in [-0.3, -0.25) is 4.98 Å². The Morgan fingerprint density at radius 2 is 1.72 bits per heavy atom. The third-order valence-electron chi connectivity index (χ3n) is 3.21. The van der Waals surface area contributed by atoms with E-state index >= 15 is 0 Å². The summed E-state index contributed by atoms with van der Waals surface area (Å²) in [4.78, 5) is 4.17. The van der Waals surface area contributed by atoms with E-state index in [1.54, 1.807) is 0 Å². The van der Waals surface area contributed by atoms with Crippen molar-refractivity contribution in [2.24, 2.45) is 5.73 Å². The molecule has 2 N–H and O–H groups in total. The quantitative estimate of drug-likeness (QED) is 0.738. The highest BCUT2D eigenvalue weighted by molar-refractivity contribution is 5.96. The van der Waals surface area contributed by atoms with Crippen molar-refractivity contribution in [2.75, 3.05) is 0 Å². The molecule has 0 unspecified atom stereocenters. The Bertz CT molecular complexity index is 684. The van der Waals surface area contributed by atoms with E-state index in [4.69, 9.17) is 5.73 Å². The smallest absolute Gasteiger partial charge is 0.0346 e. The lowest BCUT2D eigenvalue weighted by atomic mass is 9.95. The van der Waals surface area contributed by atoms with Gasteiger partial charge in [-0.2, -0.15) is 0 Å². The minimum atomic E-state index is 0.553. The van der Waals surface area contributed by atoms with Crippen LogP contribution in [0.1, 0.15) is 5.56 Å². The van der Waals surface area contributed by atoms with E-state index in [1.165, 1.54) is 22.1 Å². The highest BCUT2D eigenvalue weighted by Crippen LogP contribution is 2.30. The topological polar surface area (TPSA) is 38.9 Å². The molecule has 0 aliphatic rings. The number of fused-ring (bicyclic) bond motifs is 1. The van der Waals surface area contributed by atoms with Gasteiger partial charge in [-0.05, 0) is 28.1 Å². The van der Waals surface area contributed by atoms with Crippen molar-refractivity contribution in [3.05, 3.63) is 66.5 Å². The molecule has 0 bridgehead atoms. The zero-order valence-corrected chi connectivity index (χ0v) is 10.0. The summed E-state index contributed by atoms with van der Waals surface area (Å²) in [5.74, 6) is 0. The first kappa shape index (κ1) is 10.9. The van der Waals surface area contributed by atoms with Crippen molar-refractivity contribution < 1.29 is 0 Å². The summed E-state index contributed by atoms with van der Waals surface area (Å²) >= 11 is 0. The van der Waals surface area contributed by atoms with Gasteiger partial charge in [0.05, 0.1) is 0 Å². The lowest BCUT2D eigenvalue weighted by Gasteiger charge is -2.10. The molecule has 2 aromatic carbocycles. The van der Waals surface area contributed by atoms with Gasteiger partial charge in [0.1, 0.15) is 0 Å². The van der Waals surface area contributed by atoms with Crippen LogP contribution in [0.25, 0.3) is 21.9 Å². The molecule has 88 valence electrons. The third-order valence-corrected chi connectivity index (χ3v) is 3.21. The van der Waals surface area contributed by atoms with Gasteiger partial charge < -0.3 is 5.73 Å². The van der Waals surface area contributed by atoms with E-state index in [9.17, 15) is 0 Å². The van der Waals surface area contributed by atoms with E-state index in [0.717, 1.165) is 5.39 Å². The first-order valence-electron chi connectivity index (χ1n) is 6.01. The van der Waals surface area contributed by atoms with Crippen molar-refractivity contribution in [2.45, 2.75) is 6.54 Å². The molecule has 0 fully saturated rings. The van der Waals surface area contributed by atoms with Crippen LogP contribution >= 0.6 is 0 Å². The fourth-order valence-electron chi connectivity index (χ4n) is 2.32. The molecule has 0 saturated carbocycles. The zero-order valence-electron chi connectivity index (χ0n) is 10.0. The molecule has 1 heterocycles. The summed E-state index contributed by atoms with van der Waals surface area (Å²) in [6, 6.07) is 16.6. The van der Waals surface area contributed by atoms with E-state index in [-0.39, 0.29) is 0 Å². The second-order valence-electron chi connectivity index (χ2n) is 4.26. The predicted octanol–water partition coefficient (Wildman–Crippen LogP) is 3.36. The van der Waals surface area contributed by atoms with Gasteiger partial charge in [0, 0.05) is 24.3 Å². The number of benzene rings is 2. The molecule has 0 aliphatic heterocycles. The summed E-state index contributed by atoms with van der Waals surface area (Å²) in [6.45, 7) is 0.553. The number of hydrogen-bond donors (Lipinski definition) is 1. The van der Waals surface area contributed by atoms with Gasteiger partial charge in [-0.15, -0.1) is 0 Å². The molecule has 3 rings (SSSR count). The van der Waals surface area contributed by atoms with Crippen LogP contribution in [0.3, 0.4) is 0 Å². The first-order valence-corrected chi connectivity index (χ1v) is 6.01. The van der Waals surface area contributed by atoms with Crippen LogP contribution < -0.4 is 5.73 Å². The maximum Gasteiger partial charge on any atom is 0.0346 e. The Morgan fingerprint density at radius 3 is 2.61 bits per heavy atom. The lowest BCUT2D eigenvalue weighted by molar-refractivity contribution is 1.07. The number of nitrogens with two attached hydrogens (primary N) is 1. The summed E-state index contributed by atoms with van der Waals surface area (Å²) in [6.07, 6.45) is 3.72. The second-order valence-corrected chi connectivity index (χ2v) is 4.26. The van der Waals surface area contributed by atoms with Crippen molar-refractivity contribution in [3.8, 4) is 11.1 Å².